The number of nitrogens with zero attached hydrogens (tertiary/aromatic N) is 3. The summed E-state index contributed by atoms with van der Waals surface area (Å²) in [7, 11) is 1.45. The van der Waals surface area contributed by atoms with Gasteiger partial charge in [0, 0.05) is 20.4 Å². The molecule has 0 aliphatic rings. The van der Waals surface area contributed by atoms with E-state index >= 15 is 0 Å². The number of fused-ring (bicyclic) bond motifs is 2. The van der Waals surface area contributed by atoms with Crippen molar-refractivity contribution in [3.8, 4) is 23.1 Å². The quantitative estimate of drug-likeness (QED) is 0.299. The molecule has 9 heteroatoms. The topological polar surface area (TPSA) is 89.9 Å². The molecule has 0 saturated heterocycles. The second-order valence-corrected chi connectivity index (χ2v) is 8.50. The SMILES string of the molecule is COc1cc(Br)cc(C=Nn2c(-c3cc4cc(Cl)ccc4o3)nc3ccccc3c2=O)c1O. The van der Waals surface area contributed by atoms with E-state index in [2.05, 4.69) is 26.0 Å². The number of rotatable bonds is 4. The molecule has 33 heavy (non-hydrogen) atoms. The van der Waals surface area contributed by atoms with Gasteiger partial charge in [-0.2, -0.15) is 9.78 Å². The summed E-state index contributed by atoms with van der Waals surface area (Å²) in [6, 6.07) is 17.3. The summed E-state index contributed by atoms with van der Waals surface area (Å²) >= 11 is 9.48. The smallest absolute Gasteiger partial charge is 0.282 e. The highest BCUT2D eigenvalue weighted by molar-refractivity contribution is 9.10. The predicted molar refractivity (Wildman–Crippen MR) is 132 cm³/mol. The highest BCUT2D eigenvalue weighted by Crippen LogP contribution is 2.33. The zero-order valence-electron chi connectivity index (χ0n) is 17.1. The number of para-hydroxylation sites is 1. The van der Waals surface area contributed by atoms with Crippen molar-refractivity contribution in [1.29, 1.82) is 0 Å². The van der Waals surface area contributed by atoms with Gasteiger partial charge in [0.25, 0.3) is 5.56 Å². The Labute approximate surface area is 200 Å². The van der Waals surface area contributed by atoms with Gasteiger partial charge in [0.1, 0.15) is 5.58 Å². The van der Waals surface area contributed by atoms with Crippen molar-refractivity contribution in [3.63, 3.8) is 0 Å². The first kappa shape index (κ1) is 21.2. The van der Waals surface area contributed by atoms with E-state index in [0.717, 1.165) is 10.1 Å². The minimum Gasteiger partial charge on any atom is -0.504 e. The Kier molecular flexibility index (Phi) is 5.39. The number of halogens is 2. The van der Waals surface area contributed by atoms with Crippen LogP contribution in [-0.2, 0) is 0 Å². The molecular weight excluding hydrogens is 510 g/mol. The molecule has 2 aromatic heterocycles. The first-order chi connectivity index (χ1) is 15.9. The molecule has 0 bridgehead atoms. The summed E-state index contributed by atoms with van der Waals surface area (Å²) in [5, 5.41) is 16.6. The molecule has 7 nitrogen and oxygen atoms in total. The van der Waals surface area contributed by atoms with Gasteiger partial charge in [-0.25, -0.2) is 4.98 Å². The fourth-order valence-electron chi connectivity index (χ4n) is 3.48. The van der Waals surface area contributed by atoms with E-state index in [1.165, 1.54) is 13.3 Å². The number of phenolic OH excluding ortho intramolecular Hbond substituents is 1. The van der Waals surface area contributed by atoms with E-state index in [0.29, 0.717) is 37.3 Å². The van der Waals surface area contributed by atoms with Gasteiger partial charge in [0.2, 0.25) is 5.82 Å². The lowest BCUT2D eigenvalue weighted by atomic mass is 10.2. The number of phenols is 1. The van der Waals surface area contributed by atoms with Gasteiger partial charge in [-0.05, 0) is 48.5 Å². The molecule has 0 fully saturated rings. The van der Waals surface area contributed by atoms with Crippen molar-refractivity contribution in [3.05, 3.63) is 86.1 Å². The first-order valence-corrected chi connectivity index (χ1v) is 10.9. The van der Waals surface area contributed by atoms with Crippen molar-refractivity contribution in [1.82, 2.24) is 9.66 Å². The highest BCUT2D eigenvalue weighted by Gasteiger charge is 2.17. The van der Waals surface area contributed by atoms with E-state index in [9.17, 15) is 9.90 Å². The van der Waals surface area contributed by atoms with Crippen molar-refractivity contribution in [2.24, 2.45) is 5.10 Å². The normalized spacial score (nSPS) is 11.6. The molecule has 0 saturated carbocycles. The Morgan fingerprint density at radius 3 is 2.82 bits per heavy atom. The van der Waals surface area contributed by atoms with Gasteiger partial charge in [0.15, 0.2) is 17.3 Å². The number of hydrogen-bond acceptors (Lipinski definition) is 6. The highest BCUT2D eigenvalue weighted by atomic mass is 79.9. The van der Waals surface area contributed by atoms with Crippen molar-refractivity contribution < 1.29 is 14.3 Å². The fraction of sp³-hybridized carbons (Fsp3) is 0.0417. The molecule has 0 aliphatic carbocycles. The van der Waals surface area contributed by atoms with Crippen LogP contribution in [0.3, 0.4) is 0 Å². The maximum Gasteiger partial charge on any atom is 0.282 e. The number of aromatic nitrogens is 2. The second kappa shape index (κ2) is 8.38. The minimum atomic E-state index is -0.383. The Balaban J connectivity index is 1.74. The van der Waals surface area contributed by atoms with Crippen molar-refractivity contribution in [2.75, 3.05) is 7.11 Å². The molecule has 0 unspecified atom stereocenters. The molecular formula is C24H15BrClN3O4. The minimum absolute atomic E-state index is 0.105. The van der Waals surface area contributed by atoms with Gasteiger partial charge < -0.3 is 14.3 Å². The molecule has 5 rings (SSSR count). The van der Waals surface area contributed by atoms with Crippen LogP contribution in [0.25, 0.3) is 33.5 Å². The van der Waals surface area contributed by atoms with E-state index in [1.54, 1.807) is 60.7 Å². The summed E-state index contributed by atoms with van der Waals surface area (Å²) in [5.41, 5.74) is 1.08. The van der Waals surface area contributed by atoms with Crippen LogP contribution in [0.4, 0.5) is 0 Å². The van der Waals surface area contributed by atoms with Gasteiger partial charge in [0.05, 0.1) is 24.2 Å². The predicted octanol–water partition coefficient (Wildman–Crippen LogP) is 5.82. The molecule has 0 spiro atoms. The summed E-state index contributed by atoms with van der Waals surface area (Å²) < 4.78 is 13.0. The van der Waals surface area contributed by atoms with Gasteiger partial charge in [-0.1, -0.05) is 39.7 Å². The molecule has 0 radical (unpaired) electrons. The van der Waals surface area contributed by atoms with Crippen LogP contribution in [0.2, 0.25) is 5.02 Å². The van der Waals surface area contributed by atoms with Gasteiger partial charge >= 0.3 is 0 Å². The maximum atomic E-state index is 13.3. The van der Waals surface area contributed by atoms with E-state index in [1.807, 2.05) is 0 Å². The first-order valence-electron chi connectivity index (χ1n) is 9.77. The Hall–Kier alpha value is -3.62. The maximum absolute atomic E-state index is 13.3. The summed E-state index contributed by atoms with van der Waals surface area (Å²) in [5.74, 6) is 0.724. The molecule has 164 valence electrons. The van der Waals surface area contributed by atoms with Crippen LogP contribution in [0, 0.1) is 0 Å². The third-order valence-electron chi connectivity index (χ3n) is 5.05. The lowest BCUT2D eigenvalue weighted by Crippen LogP contribution is -2.20. The second-order valence-electron chi connectivity index (χ2n) is 7.15. The molecule has 0 atom stereocenters. The molecule has 2 heterocycles. The van der Waals surface area contributed by atoms with Crippen LogP contribution >= 0.6 is 27.5 Å². The third kappa shape index (κ3) is 3.88. The molecule has 5 aromatic rings. The number of aromatic hydroxyl groups is 1. The summed E-state index contributed by atoms with van der Waals surface area (Å²) in [4.78, 5) is 18.0. The Bertz CT molecular complexity index is 1620. The van der Waals surface area contributed by atoms with E-state index < -0.39 is 0 Å². The van der Waals surface area contributed by atoms with E-state index in [-0.39, 0.29) is 22.9 Å². The Morgan fingerprint density at radius 2 is 2.00 bits per heavy atom. The average Bonchev–Trinajstić information content (AvgIpc) is 3.23. The molecule has 0 amide bonds. The Morgan fingerprint density at radius 1 is 1.18 bits per heavy atom. The molecule has 3 aromatic carbocycles. The van der Waals surface area contributed by atoms with Gasteiger partial charge in [-0.3, -0.25) is 4.79 Å². The number of ether oxygens (including phenoxy) is 1. The van der Waals surface area contributed by atoms with E-state index in [4.69, 9.17) is 20.8 Å². The largest absolute Gasteiger partial charge is 0.504 e. The van der Waals surface area contributed by atoms with Gasteiger partial charge in [-0.15, -0.1) is 0 Å². The van der Waals surface area contributed by atoms with Crippen LogP contribution in [0.5, 0.6) is 11.5 Å². The number of methoxy groups -OCH3 is 1. The monoisotopic (exact) mass is 523 g/mol. The zero-order chi connectivity index (χ0) is 23.1. The fourth-order valence-corrected chi connectivity index (χ4v) is 4.12. The third-order valence-corrected chi connectivity index (χ3v) is 5.75. The standard InChI is InChI=1S/C24H15BrClN3O4/c1-32-20-11-15(25)8-14(22(20)30)12-27-29-23(28-18-5-3-2-4-17(18)24(29)31)21-10-13-9-16(26)6-7-19(13)33-21/h2-12,30H,1H3. The number of furan rings is 1. The average molecular weight is 525 g/mol. The van der Waals surface area contributed by atoms with Crippen LogP contribution in [0.1, 0.15) is 5.56 Å². The summed E-state index contributed by atoms with van der Waals surface area (Å²) in [6.07, 6.45) is 1.36. The van der Waals surface area contributed by atoms with Crippen molar-refractivity contribution in [2.45, 2.75) is 0 Å². The zero-order valence-corrected chi connectivity index (χ0v) is 19.5. The van der Waals surface area contributed by atoms with Crippen LogP contribution < -0.4 is 10.3 Å². The number of benzene rings is 3. The summed E-state index contributed by atoms with van der Waals surface area (Å²) in [6.45, 7) is 0. The van der Waals surface area contributed by atoms with Crippen molar-refractivity contribution >= 4 is 55.6 Å². The van der Waals surface area contributed by atoms with Crippen LogP contribution in [0.15, 0.2) is 79.4 Å². The lowest BCUT2D eigenvalue weighted by molar-refractivity contribution is 0.373. The number of hydrogen-bond donors (Lipinski definition) is 1. The molecule has 1 N–H and O–H groups in total. The van der Waals surface area contributed by atoms with Crippen LogP contribution in [-0.4, -0.2) is 28.1 Å². The molecule has 0 aliphatic heterocycles. The lowest BCUT2D eigenvalue weighted by Gasteiger charge is -2.09.